The third kappa shape index (κ3) is 1.99. The van der Waals surface area contributed by atoms with Crippen LogP contribution < -0.4 is 4.74 Å². The second kappa shape index (κ2) is 4.61. The highest BCUT2D eigenvalue weighted by molar-refractivity contribution is 9.10. The molecule has 0 fully saturated rings. The van der Waals surface area contributed by atoms with Crippen molar-refractivity contribution < 1.29 is 19.3 Å². The minimum atomic E-state index is -0.566. The van der Waals surface area contributed by atoms with Crippen LogP contribution in [-0.2, 0) is 6.42 Å². The van der Waals surface area contributed by atoms with Crippen LogP contribution in [0.3, 0.4) is 0 Å². The summed E-state index contributed by atoms with van der Waals surface area (Å²) in [4.78, 5) is 0. The van der Waals surface area contributed by atoms with Gasteiger partial charge in [0, 0.05) is 18.6 Å². The molecule has 0 saturated carbocycles. The van der Waals surface area contributed by atoms with Crippen LogP contribution >= 0.6 is 15.9 Å². The molecule has 0 saturated heterocycles. The van der Waals surface area contributed by atoms with Gasteiger partial charge in [-0.2, -0.15) is 0 Å². The molecule has 5 heteroatoms. The second-order valence-corrected chi connectivity index (χ2v) is 3.53. The number of aromatic hydroxyl groups is 1. The van der Waals surface area contributed by atoms with Crippen LogP contribution in [0.4, 0.5) is 4.39 Å². The summed E-state index contributed by atoms with van der Waals surface area (Å²) in [5.74, 6) is -0.660. The molecule has 14 heavy (non-hydrogen) atoms. The molecule has 0 radical (unpaired) electrons. The van der Waals surface area contributed by atoms with Crippen molar-refractivity contribution in [1.82, 2.24) is 0 Å². The highest BCUT2D eigenvalue weighted by atomic mass is 79.9. The lowest BCUT2D eigenvalue weighted by Gasteiger charge is -2.10. The lowest BCUT2D eigenvalue weighted by molar-refractivity contribution is 0.293. The summed E-state index contributed by atoms with van der Waals surface area (Å²) < 4.78 is 18.5. The zero-order chi connectivity index (χ0) is 10.7. The average Bonchev–Trinajstić information content (AvgIpc) is 2.12. The van der Waals surface area contributed by atoms with E-state index in [4.69, 9.17) is 9.84 Å². The second-order valence-electron chi connectivity index (χ2n) is 2.67. The maximum atomic E-state index is 13.3. The van der Waals surface area contributed by atoms with E-state index in [1.807, 2.05) is 0 Å². The number of aliphatic hydroxyl groups is 1. The number of halogens is 2. The van der Waals surface area contributed by atoms with Gasteiger partial charge in [-0.15, -0.1) is 0 Å². The summed E-state index contributed by atoms with van der Waals surface area (Å²) in [6, 6.07) is 1.20. The molecule has 0 aromatic heterocycles. The summed E-state index contributed by atoms with van der Waals surface area (Å²) in [6.45, 7) is -0.227. The van der Waals surface area contributed by atoms with Crippen LogP contribution in [0.1, 0.15) is 5.56 Å². The molecule has 0 amide bonds. The summed E-state index contributed by atoms with van der Waals surface area (Å²) in [5.41, 5.74) is 0.0625. The molecule has 2 N–H and O–H groups in total. The highest BCUT2D eigenvalue weighted by Crippen LogP contribution is 2.38. The summed E-state index contributed by atoms with van der Waals surface area (Å²) in [6.07, 6.45) is 0.0569. The van der Waals surface area contributed by atoms with Crippen molar-refractivity contribution in [3.05, 3.63) is 21.9 Å². The maximum Gasteiger partial charge on any atom is 0.175 e. The molecule has 0 aliphatic heterocycles. The van der Waals surface area contributed by atoms with Gasteiger partial charge in [0.15, 0.2) is 11.5 Å². The van der Waals surface area contributed by atoms with Gasteiger partial charge in [-0.05, 0) is 22.0 Å². The van der Waals surface area contributed by atoms with Gasteiger partial charge in [-0.3, -0.25) is 0 Å². The lowest BCUT2D eigenvalue weighted by Crippen LogP contribution is -1.98. The number of benzene rings is 1. The van der Waals surface area contributed by atoms with E-state index >= 15 is 0 Å². The van der Waals surface area contributed by atoms with Gasteiger partial charge >= 0.3 is 0 Å². The Bertz CT molecular complexity index is 341. The van der Waals surface area contributed by atoms with Gasteiger partial charge in [0.25, 0.3) is 0 Å². The van der Waals surface area contributed by atoms with Crippen LogP contribution in [0.2, 0.25) is 0 Å². The monoisotopic (exact) mass is 264 g/mol. The number of aliphatic hydroxyl groups excluding tert-OH is 1. The number of phenols is 1. The van der Waals surface area contributed by atoms with Gasteiger partial charge in [-0.1, -0.05) is 0 Å². The third-order valence-corrected chi connectivity index (χ3v) is 2.41. The molecule has 0 bridgehead atoms. The minimum Gasteiger partial charge on any atom is -0.504 e. The number of rotatable bonds is 3. The van der Waals surface area contributed by atoms with Crippen LogP contribution in [0.15, 0.2) is 10.5 Å². The molecule has 0 aliphatic carbocycles. The Kier molecular flexibility index (Phi) is 3.71. The van der Waals surface area contributed by atoms with Crippen molar-refractivity contribution in [3.63, 3.8) is 0 Å². The molecular weight excluding hydrogens is 255 g/mol. The van der Waals surface area contributed by atoms with Crippen LogP contribution in [0, 0.1) is 5.82 Å². The van der Waals surface area contributed by atoms with Crippen LogP contribution in [0.25, 0.3) is 0 Å². The first-order valence-electron chi connectivity index (χ1n) is 3.96. The van der Waals surface area contributed by atoms with Gasteiger partial charge in [0.05, 0.1) is 11.6 Å². The Morgan fingerprint density at radius 3 is 2.71 bits per heavy atom. The average molecular weight is 265 g/mol. The van der Waals surface area contributed by atoms with Gasteiger partial charge in [-0.25, -0.2) is 4.39 Å². The fourth-order valence-corrected chi connectivity index (χ4v) is 1.72. The summed E-state index contributed by atoms with van der Waals surface area (Å²) >= 11 is 3.06. The fourth-order valence-electron chi connectivity index (χ4n) is 1.17. The summed E-state index contributed by atoms with van der Waals surface area (Å²) in [7, 11) is 1.38. The first-order valence-corrected chi connectivity index (χ1v) is 4.75. The van der Waals surface area contributed by atoms with Crippen molar-refractivity contribution in [2.45, 2.75) is 6.42 Å². The van der Waals surface area contributed by atoms with Gasteiger partial charge in [0.1, 0.15) is 5.82 Å². The predicted molar refractivity (Wildman–Crippen MR) is 53.1 cm³/mol. The number of hydrogen-bond donors (Lipinski definition) is 2. The Hall–Kier alpha value is -0.810. The Balaban J connectivity index is 3.28. The van der Waals surface area contributed by atoms with Crippen molar-refractivity contribution >= 4 is 15.9 Å². The fraction of sp³-hybridized carbons (Fsp3) is 0.333. The Labute approximate surface area is 89.3 Å². The molecule has 3 nitrogen and oxygen atoms in total. The normalized spacial score (nSPS) is 10.3. The van der Waals surface area contributed by atoms with Gasteiger partial charge in [0.2, 0.25) is 0 Å². The van der Waals surface area contributed by atoms with E-state index < -0.39 is 5.82 Å². The van der Waals surface area contributed by atoms with Crippen molar-refractivity contribution in [2.75, 3.05) is 13.7 Å². The Morgan fingerprint density at radius 2 is 2.21 bits per heavy atom. The lowest BCUT2D eigenvalue weighted by atomic mass is 10.1. The molecule has 0 unspecified atom stereocenters. The van der Waals surface area contributed by atoms with Crippen LogP contribution in [-0.4, -0.2) is 23.9 Å². The molecule has 0 heterocycles. The standard InChI is InChI=1S/C9H10BrFO3/c1-14-9-6(10)4-7(11)5(2-3-12)8(9)13/h4,12-13H,2-3H2,1H3. The zero-order valence-electron chi connectivity index (χ0n) is 7.55. The minimum absolute atomic E-state index is 0.0569. The quantitative estimate of drug-likeness (QED) is 0.876. The topological polar surface area (TPSA) is 49.7 Å². The molecule has 0 aliphatic rings. The molecule has 0 spiro atoms. The van der Waals surface area contributed by atoms with Gasteiger partial charge < -0.3 is 14.9 Å². The number of methoxy groups -OCH3 is 1. The van der Waals surface area contributed by atoms with E-state index in [9.17, 15) is 9.50 Å². The van der Waals surface area contributed by atoms with E-state index in [1.54, 1.807) is 0 Å². The van der Waals surface area contributed by atoms with Crippen molar-refractivity contribution in [2.24, 2.45) is 0 Å². The molecule has 78 valence electrons. The Morgan fingerprint density at radius 1 is 1.57 bits per heavy atom. The van der Waals surface area contributed by atoms with E-state index in [0.717, 1.165) is 0 Å². The van der Waals surface area contributed by atoms with Crippen molar-refractivity contribution in [3.8, 4) is 11.5 Å². The third-order valence-electron chi connectivity index (χ3n) is 1.83. The van der Waals surface area contributed by atoms with E-state index in [0.29, 0.717) is 4.47 Å². The maximum absolute atomic E-state index is 13.3. The van der Waals surface area contributed by atoms with E-state index in [-0.39, 0.29) is 30.1 Å². The molecule has 1 rings (SSSR count). The zero-order valence-corrected chi connectivity index (χ0v) is 9.14. The van der Waals surface area contributed by atoms with E-state index in [1.165, 1.54) is 13.2 Å². The predicted octanol–water partition coefficient (Wildman–Crippen LogP) is 1.84. The molecule has 1 aromatic carbocycles. The smallest absolute Gasteiger partial charge is 0.175 e. The molecular formula is C9H10BrFO3. The van der Waals surface area contributed by atoms with E-state index in [2.05, 4.69) is 15.9 Å². The number of ether oxygens (including phenoxy) is 1. The first kappa shape index (κ1) is 11.3. The molecule has 0 atom stereocenters. The number of phenolic OH excluding ortho intramolecular Hbond substituents is 1. The highest BCUT2D eigenvalue weighted by Gasteiger charge is 2.16. The first-order chi connectivity index (χ1) is 6.61. The van der Waals surface area contributed by atoms with Crippen LogP contribution in [0.5, 0.6) is 11.5 Å². The number of hydrogen-bond acceptors (Lipinski definition) is 3. The SMILES string of the molecule is COc1c(Br)cc(F)c(CCO)c1O. The summed E-state index contributed by atoms with van der Waals surface area (Å²) in [5, 5.41) is 18.2. The van der Waals surface area contributed by atoms with Crippen molar-refractivity contribution in [1.29, 1.82) is 0 Å². The molecule has 1 aromatic rings. The largest absolute Gasteiger partial charge is 0.504 e.